The molecular formula is C71H92N12O6. The van der Waals surface area contributed by atoms with Crippen LogP contribution in [-0.4, -0.2) is 158 Å². The van der Waals surface area contributed by atoms with E-state index in [4.69, 9.17) is 4.74 Å². The number of morpholine rings is 1. The van der Waals surface area contributed by atoms with Crippen molar-refractivity contribution in [2.24, 2.45) is 0 Å². The van der Waals surface area contributed by atoms with Gasteiger partial charge < -0.3 is 35.8 Å². The average molecular weight is 1210 g/mol. The second-order valence-corrected chi connectivity index (χ2v) is 28.2. The molecular weight excluding hydrogens is 1120 g/mol. The number of aromatic nitrogens is 2. The van der Waals surface area contributed by atoms with Crippen molar-refractivity contribution in [3.05, 3.63) is 178 Å². The molecule has 0 radical (unpaired) electrons. The number of nitrogens with zero attached hydrogens (tertiary/aromatic N) is 9. The van der Waals surface area contributed by atoms with Gasteiger partial charge in [0.1, 0.15) is 11.4 Å². The number of ether oxygens (including phenoxy) is 1. The highest BCUT2D eigenvalue weighted by molar-refractivity contribution is 5.98. The van der Waals surface area contributed by atoms with Gasteiger partial charge in [-0.25, -0.2) is 19.4 Å². The summed E-state index contributed by atoms with van der Waals surface area (Å²) in [5.74, 6) is 0.957. The van der Waals surface area contributed by atoms with Gasteiger partial charge in [-0.3, -0.25) is 34.4 Å². The van der Waals surface area contributed by atoms with E-state index < -0.39 is 11.2 Å². The molecule has 4 aliphatic heterocycles. The fraction of sp³-hybridized carbons (Fsp3) is 0.479. The monoisotopic (exact) mass is 1210 g/mol. The third kappa shape index (κ3) is 11.8. The van der Waals surface area contributed by atoms with Crippen LogP contribution in [0.1, 0.15) is 111 Å². The van der Waals surface area contributed by atoms with Gasteiger partial charge in [-0.05, 0) is 186 Å². The minimum absolute atomic E-state index is 0.0237. The van der Waals surface area contributed by atoms with Gasteiger partial charge in [0.15, 0.2) is 0 Å². The number of aryl methyl sites for hydroxylation is 3. The van der Waals surface area contributed by atoms with E-state index in [1.165, 1.54) is 16.7 Å². The van der Waals surface area contributed by atoms with E-state index in [9.17, 15) is 24.6 Å². The number of carbonyl (C=O) groups is 3. The Kier molecular flexibility index (Phi) is 16.6. The molecule has 6 heterocycles. The van der Waals surface area contributed by atoms with Gasteiger partial charge in [-0.2, -0.15) is 0 Å². The molecule has 3 aliphatic carbocycles. The molecule has 0 atom stereocenters. The molecule has 0 bridgehead atoms. The highest BCUT2D eigenvalue weighted by atomic mass is 16.5. The smallest absolute Gasteiger partial charge is 0.322 e. The van der Waals surface area contributed by atoms with Crippen LogP contribution in [0.4, 0.5) is 37.3 Å². The highest BCUT2D eigenvalue weighted by Crippen LogP contribution is 2.56. The number of carbonyl (C=O) groups excluding carboxylic acids is 3. The minimum Gasteiger partial charge on any atom is -0.386 e. The van der Waals surface area contributed by atoms with Gasteiger partial charge in [0.2, 0.25) is 0 Å². The topological polar surface area (TPSA) is 185 Å². The Labute approximate surface area is 526 Å². The fourth-order valence-electron chi connectivity index (χ4n) is 15.4. The van der Waals surface area contributed by atoms with E-state index in [1.807, 2.05) is 66.2 Å². The summed E-state index contributed by atoms with van der Waals surface area (Å²) in [6, 6.07) is 41.4. The van der Waals surface area contributed by atoms with Crippen molar-refractivity contribution in [1.82, 2.24) is 40.6 Å². The molecule has 5 N–H and O–H groups in total. The number of hydrogen-bond acceptors (Lipinski definition) is 12. The van der Waals surface area contributed by atoms with Crippen LogP contribution in [0.2, 0.25) is 0 Å². The Hall–Kier alpha value is -7.45. The number of hydrogen-bond donors (Lipinski definition) is 5. The predicted octanol–water partition coefficient (Wildman–Crippen LogP) is 9.62. The van der Waals surface area contributed by atoms with Gasteiger partial charge in [0.05, 0.1) is 101 Å². The first-order valence-corrected chi connectivity index (χ1v) is 31.4. The lowest BCUT2D eigenvalue weighted by Gasteiger charge is -2.57. The van der Waals surface area contributed by atoms with Crippen molar-refractivity contribution in [3.8, 4) is 0 Å². The Balaban J connectivity index is 0.000000138. The number of benzene rings is 4. The molecule has 0 unspecified atom stereocenters. The fourth-order valence-corrected chi connectivity index (χ4v) is 15.4. The Morgan fingerprint density at radius 1 is 0.472 bits per heavy atom. The first-order chi connectivity index (χ1) is 42.0. The highest BCUT2D eigenvalue weighted by Gasteiger charge is 2.64. The van der Waals surface area contributed by atoms with Crippen molar-refractivity contribution >= 4 is 41.0 Å². The molecule has 4 saturated heterocycles. The van der Waals surface area contributed by atoms with Crippen LogP contribution >= 0.6 is 0 Å². The summed E-state index contributed by atoms with van der Waals surface area (Å²) < 4.78 is 5.44. The number of rotatable bonds is 12. The summed E-state index contributed by atoms with van der Waals surface area (Å²) in [5.41, 5.74) is 8.26. The van der Waals surface area contributed by atoms with Crippen LogP contribution < -0.4 is 35.6 Å². The Morgan fingerprint density at radius 2 is 0.831 bits per heavy atom. The molecule has 6 amide bonds. The van der Waals surface area contributed by atoms with Gasteiger partial charge in [0.25, 0.3) is 0 Å². The number of pyridine rings is 2. The third-order valence-electron chi connectivity index (χ3n) is 20.4. The lowest BCUT2D eigenvalue weighted by molar-refractivity contribution is -0.0171. The van der Waals surface area contributed by atoms with Crippen LogP contribution in [0, 0.1) is 20.8 Å². The van der Waals surface area contributed by atoms with Crippen LogP contribution in [0.3, 0.4) is 0 Å². The molecule has 3 spiro atoms. The van der Waals surface area contributed by atoms with Crippen LogP contribution in [0.5, 0.6) is 0 Å². The first-order valence-electron chi connectivity index (χ1n) is 31.4. The molecule has 3 saturated carbocycles. The second-order valence-electron chi connectivity index (χ2n) is 28.2. The van der Waals surface area contributed by atoms with Crippen molar-refractivity contribution in [1.29, 1.82) is 0 Å². The number of nitrogens with one attached hydrogen (secondary N) is 3. The van der Waals surface area contributed by atoms with Crippen molar-refractivity contribution < 1.29 is 29.3 Å². The first kappa shape index (κ1) is 63.1. The predicted molar refractivity (Wildman–Crippen MR) is 352 cm³/mol. The van der Waals surface area contributed by atoms with Crippen LogP contribution in [-0.2, 0) is 32.6 Å². The number of amides is 6. The van der Waals surface area contributed by atoms with Crippen molar-refractivity contribution in [2.45, 2.75) is 131 Å². The van der Waals surface area contributed by atoms with Crippen molar-refractivity contribution in [3.63, 3.8) is 0 Å². The molecule has 2 aromatic heterocycles. The zero-order valence-electron chi connectivity index (χ0n) is 54.4. The maximum atomic E-state index is 13.0. The zero-order chi connectivity index (χ0) is 63.7. The molecule has 18 heteroatoms. The largest absolute Gasteiger partial charge is 0.386 e. The molecule has 89 heavy (non-hydrogen) atoms. The molecule has 472 valence electrons. The summed E-state index contributed by atoms with van der Waals surface area (Å²) in [6.07, 6.45) is 8.88. The number of urea groups is 3. The van der Waals surface area contributed by atoms with Crippen molar-refractivity contribution in [2.75, 3.05) is 108 Å². The Bertz CT molecular complexity index is 3410. The summed E-state index contributed by atoms with van der Waals surface area (Å²) in [5, 5.41) is 30.3. The summed E-state index contributed by atoms with van der Waals surface area (Å²) >= 11 is 0. The van der Waals surface area contributed by atoms with E-state index in [-0.39, 0.29) is 51.3 Å². The van der Waals surface area contributed by atoms with E-state index in [0.29, 0.717) is 25.3 Å². The maximum Gasteiger partial charge on any atom is 0.322 e. The quantitative estimate of drug-likeness (QED) is 0.0783. The van der Waals surface area contributed by atoms with Gasteiger partial charge in [0, 0.05) is 18.8 Å². The standard InChI is InChI=1S/C24H31N5O2.C24H31N3O2.C23H30N4O2/c1-18-13-21(28-9-11-31-12-10-28)25-14-20(18)29-17-23(26-22(29)30)15-24(16-23,27(2)3)19-7-5-4-6-8-19;1-17-13-19(22(2,3)29)11-12-20(17)27-16-23(25-21(27)28)14-24(15-23,26(4)5)18-9-7-6-8-10-18;1-16-11-19(21(2,3)29)24-12-18(16)27-15-22(25-20(27)28)13-23(14-22,26(4)5)17-9-7-6-8-10-17/h4-8,13-14H,9-12,15-17H2,1-3H3,(H,26,30);6-13,29H,14-16H2,1-5H3,(H,25,28);6-12,29H,13-15H2,1-5H3,(H,25,28). The Morgan fingerprint density at radius 3 is 1.17 bits per heavy atom. The molecule has 7 fully saturated rings. The van der Waals surface area contributed by atoms with E-state index >= 15 is 0 Å². The third-order valence-corrected chi connectivity index (χ3v) is 20.4. The van der Waals surface area contributed by atoms with Gasteiger partial charge in [-0.1, -0.05) is 103 Å². The zero-order valence-corrected chi connectivity index (χ0v) is 54.4. The van der Waals surface area contributed by atoms with Gasteiger partial charge in [-0.15, -0.1) is 0 Å². The molecule has 6 aromatic rings. The summed E-state index contributed by atoms with van der Waals surface area (Å²) in [6.45, 7) is 18.1. The average Bonchev–Trinajstić information content (AvgIpc) is 1.70. The molecule has 13 rings (SSSR count). The van der Waals surface area contributed by atoms with E-state index in [1.54, 1.807) is 38.8 Å². The molecule has 7 aliphatic rings. The summed E-state index contributed by atoms with van der Waals surface area (Å²) in [7, 11) is 12.7. The minimum atomic E-state index is -1.01. The number of aliphatic hydroxyl groups is 2. The molecule has 4 aromatic carbocycles. The van der Waals surface area contributed by atoms with Gasteiger partial charge >= 0.3 is 18.1 Å². The number of anilines is 4. The van der Waals surface area contributed by atoms with E-state index in [2.05, 4.69) is 180 Å². The normalized spacial score (nSPS) is 27.2. The van der Waals surface area contributed by atoms with Crippen LogP contribution in [0.25, 0.3) is 0 Å². The summed E-state index contributed by atoms with van der Waals surface area (Å²) in [4.78, 5) is 62.4. The SMILES string of the molecule is Cc1cc(C(C)(C)O)ccc1N1CC2(CC(c3ccccc3)(N(C)C)C2)NC1=O.Cc1cc(C(C)(C)O)ncc1N1CC2(CC(c3ccccc3)(N(C)C)C2)NC1=O.Cc1cc(N2CCOCC2)ncc1N1CC2(CC(c3ccccc3)(N(C)C)C2)NC1=O. The second kappa shape index (κ2) is 23.4. The lowest BCUT2D eigenvalue weighted by Crippen LogP contribution is -2.66. The lowest BCUT2D eigenvalue weighted by atomic mass is 9.59. The van der Waals surface area contributed by atoms with E-state index in [0.717, 1.165) is 110 Å². The van der Waals surface area contributed by atoms with Crippen LogP contribution in [0.15, 0.2) is 134 Å². The maximum absolute atomic E-state index is 13.0. The molecule has 18 nitrogen and oxygen atoms in total.